The predicted molar refractivity (Wildman–Crippen MR) is 70.5 cm³/mol. The fourth-order valence-electron chi connectivity index (χ4n) is 1.23. The third-order valence-electron chi connectivity index (χ3n) is 1.82. The SMILES string of the molecule is C=C(O[Si](C)(C)C)c1cccc(O[SiH3])c1. The molecular formula is C11H18O2Si2. The van der Waals surface area contributed by atoms with Crippen LogP contribution in [0.4, 0.5) is 0 Å². The van der Waals surface area contributed by atoms with Gasteiger partial charge >= 0.3 is 0 Å². The van der Waals surface area contributed by atoms with Gasteiger partial charge < -0.3 is 8.85 Å². The molecule has 0 aliphatic carbocycles. The van der Waals surface area contributed by atoms with Crippen molar-refractivity contribution in [3.63, 3.8) is 0 Å². The van der Waals surface area contributed by atoms with Crippen LogP contribution in [0.15, 0.2) is 30.8 Å². The zero-order chi connectivity index (χ0) is 11.5. The van der Waals surface area contributed by atoms with Crippen LogP contribution in [-0.4, -0.2) is 18.8 Å². The van der Waals surface area contributed by atoms with Crippen molar-refractivity contribution in [1.82, 2.24) is 0 Å². The van der Waals surface area contributed by atoms with E-state index in [2.05, 4.69) is 26.2 Å². The Balaban J connectivity index is 2.82. The average molecular weight is 238 g/mol. The maximum Gasteiger partial charge on any atom is 0.242 e. The smallest absolute Gasteiger partial charge is 0.242 e. The van der Waals surface area contributed by atoms with Gasteiger partial charge in [-0.15, -0.1) is 0 Å². The first-order valence-corrected chi connectivity index (χ1v) is 9.17. The lowest BCUT2D eigenvalue weighted by molar-refractivity contribution is 0.515. The van der Waals surface area contributed by atoms with Crippen molar-refractivity contribution in [3.8, 4) is 5.75 Å². The fourth-order valence-corrected chi connectivity index (χ4v) is 2.34. The Morgan fingerprint density at radius 3 is 2.53 bits per heavy atom. The van der Waals surface area contributed by atoms with Gasteiger partial charge in [-0.25, -0.2) is 0 Å². The van der Waals surface area contributed by atoms with E-state index in [0.717, 1.165) is 17.1 Å². The summed E-state index contributed by atoms with van der Waals surface area (Å²) in [7, 11) is -0.861. The van der Waals surface area contributed by atoms with E-state index in [4.69, 9.17) is 8.85 Å². The lowest BCUT2D eigenvalue weighted by Crippen LogP contribution is -2.24. The summed E-state index contributed by atoms with van der Waals surface area (Å²) in [4.78, 5) is 0. The van der Waals surface area contributed by atoms with Crippen LogP contribution >= 0.6 is 0 Å². The lowest BCUT2D eigenvalue weighted by Gasteiger charge is -2.21. The molecule has 2 nitrogen and oxygen atoms in total. The molecule has 0 fully saturated rings. The second kappa shape index (κ2) is 4.68. The van der Waals surface area contributed by atoms with Crippen LogP contribution in [0.2, 0.25) is 19.6 Å². The van der Waals surface area contributed by atoms with Crippen molar-refractivity contribution >= 4 is 24.6 Å². The Kier molecular flexibility index (Phi) is 3.76. The molecule has 0 spiro atoms. The molecule has 0 amide bonds. The summed E-state index contributed by atoms with van der Waals surface area (Å²) in [6.07, 6.45) is 0. The van der Waals surface area contributed by atoms with Crippen LogP contribution in [0.5, 0.6) is 5.75 Å². The first-order chi connectivity index (χ1) is 6.92. The van der Waals surface area contributed by atoms with Crippen LogP contribution in [0.3, 0.4) is 0 Å². The van der Waals surface area contributed by atoms with E-state index in [1.165, 1.54) is 0 Å². The van der Waals surface area contributed by atoms with Crippen LogP contribution in [0.25, 0.3) is 5.76 Å². The Bertz CT molecular complexity index is 356. The minimum absolute atomic E-state index is 0.701. The van der Waals surface area contributed by atoms with Gasteiger partial charge in [-0.1, -0.05) is 18.7 Å². The molecule has 0 aliphatic rings. The largest absolute Gasteiger partial charge is 0.553 e. The van der Waals surface area contributed by atoms with Crippen molar-refractivity contribution in [3.05, 3.63) is 36.4 Å². The molecule has 0 bridgehead atoms. The molecule has 1 rings (SSSR count). The second-order valence-corrected chi connectivity index (χ2v) is 9.21. The standard InChI is InChI=1S/C11H18O2Si2/c1-9(13-15(2,3)4)10-6-5-7-11(8-10)12-14/h5-8H,1H2,2-4,14H3. The molecule has 0 radical (unpaired) electrons. The van der Waals surface area contributed by atoms with Crippen LogP contribution < -0.4 is 4.43 Å². The van der Waals surface area contributed by atoms with Crippen molar-refractivity contribution < 1.29 is 8.85 Å². The van der Waals surface area contributed by atoms with E-state index in [1.54, 1.807) is 0 Å². The van der Waals surface area contributed by atoms with Gasteiger partial charge in [-0.05, 0) is 31.8 Å². The first kappa shape index (κ1) is 12.1. The van der Waals surface area contributed by atoms with E-state index in [-0.39, 0.29) is 0 Å². The predicted octanol–water partition coefficient (Wildman–Crippen LogP) is 2.17. The van der Waals surface area contributed by atoms with Crippen molar-refractivity contribution in [2.24, 2.45) is 0 Å². The summed E-state index contributed by atoms with van der Waals surface area (Å²) in [6.45, 7) is 10.4. The highest BCUT2D eigenvalue weighted by molar-refractivity contribution is 6.70. The minimum atomic E-state index is -1.56. The minimum Gasteiger partial charge on any atom is -0.553 e. The first-order valence-electron chi connectivity index (χ1n) is 4.95. The van der Waals surface area contributed by atoms with E-state index in [0.29, 0.717) is 10.5 Å². The summed E-state index contributed by atoms with van der Waals surface area (Å²) in [5, 5.41) is 0. The number of hydrogen-bond donors (Lipinski definition) is 0. The molecule has 4 heteroatoms. The zero-order valence-corrected chi connectivity index (χ0v) is 12.8. The lowest BCUT2D eigenvalue weighted by atomic mass is 10.2. The van der Waals surface area contributed by atoms with Gasteiger partial charge in [0.1, 0.15) is 11.5 Å². The Hall–Kier alpha value is -1.01. The Morgan fingerprint density at radius 2 is 2.00 bits per heavy atom. The molecule has 0 atom stereocenters. The van der Waals surface area contributed by atoms with Gasteiger partial charge in [-0.3, -0.25) is 0 Å². The summed E-state index contributed by atoms with van der Waals surface area (Å²) in [5.74, 6) is 1.63. The van der Waals surface area contributed by atoms with Gasteiger partial charge in [0.25, 0.3) is 0 Å². The van der Waals surface area contributed by atoms with Crippen molar-refractivity contribution in [2.45, 2.75) is 19.6 Å². The summed E-state index contributed by atoms with van der Waals surface area (Å²) < 4.78 is 11.1. The maximum atomic E-state index is 5.82. The van der Waals surface area contributed by atoms with E-state index >= 15 is 0 Å². The number of rotatable bonds is 4. The Morgan fingerprint density at radius 1 is 1.33 bits per heavy atom. The average Bonchev–Trinajstić information content (AvgIpc) is 2.15. The maximum absolute atomic E-state index is 5.82. The molecule has 15 heavy (non-hydrogen) atoms. The zero-order valence-electron chi connectivity index (χ0n) is 9.83. The van der Waals surface area contributed by atoms with Gasteiger partial charge in [0.15, 0.2) is 0 Å². The highest BCUT2D eigenvalue weighted by Crippen LogP contribution is 2.22. The van der Waals surface area contributed by atoms with Crippen LogP contribution in [-0.2, 0) is 4.43 Å². The summed E-state index contributed by atoms with van der Waals surface area (Å²) in [6, 6.07) is 7.86. The van der Waals surface area contributed by atoms with Gasteiger partial charge in [0.05, 0.1) is 0 Å². The third kappa shape index (κ3) is 3.93. The molecule has 0 unspecified atom stereocenters. The molecule has 0 saturated carbocycles. The monoisotopic (exact) mass is 238 g/mol. The highest BCUT2D eigenvalue weighted by Gasteiger charge is 2.17. The summed E-state index contributed by atoms with van der Waals surface area (Å²) in [5.41, 5.74) is 1.01. The van der Waals surface area contributed by atoms with Crippen LogP contribution in [0, 0.1) is 0 Å². The topological polar surface area (TPSA) is 18.5 Å². The number of hydrogen-bond acceptors (Lipinski definition) is 2. The molecule has 0 aromatic heterocycles. The molecule has 1 aromatic carbocycles. The van der Waals surface area contributed by atoms with Gasteiger partial charge in [0, 0.05) is 5.56 Å². The van der Waals surface area contributed by atoms with Crippen molar-refractivity contribution in [1.29, 1.82) is 0 Å². The van der Waals surface area contributed by atoms with E-state index in [9.17, 15) is 0 Å². The summed E-state index contributed by atoms with van der Waals surface area (Å²) >= 11 is 0. The third-order valence-corrected chi connectivity index (χ3v) is 3.15. The fraction of sp³-hybridized carbons (Fsp3) is 0.273. The molecule has 0 N–H and O–H groups in total. The second-order valence-electron chi connectivity index (χ2n) is 4.37. The van der Waals surface area contributed by atoms with Crippen molar-refractivity contribution in [2.75, 3.05) is 0 Å². The van der Waals surface area contributed by atoms with E-state index < -0.39 is 8.32 Å². The number of benzene rings is 1. The normalized spacial score (nSPS) is 11.1. The molecular weight excluding hydrogens is 220 g/mol. The quantitative estimate of drug-likeness (QED) is 0.591. The van der Waals surface area contributed by atoms with E-state index in [1.807, 2.05) is 24.3 Å². The Labute approximate surface area is 95.6 Å². The highest BCUT2D eigenvalue weighted by atomic mass is 28.4. The molecule has 0 heterocycles. The molecule has 0 aliphatic heterocycles. The van der Waals surface area contributed by atoms with Gasteiger partial charge in [0.2, 0.25) is 18.8 Å². The molecule has 82 valence electrons. The van der Waals surface area contributed by atoms with Crippen LogP contribution in [0.1, 0.15) is 5.56 Å². The van der Waals surface area contributed by atoms with Gasteiger partial charge in [-0.2, -0.15) is 0 Å². The molecule has 1 aromatic rings. The molecule has 0 saturated heterocycles.